The van der Waals surface area contributed by atoms with Gasteiger partial charge in [0.05, 0.1) is 38.0 Å². The average molecular weight is 295 g/mol. The maximum absolute atomic E-state index is 8.92. The van der Waals surface area contributed by atoms with Crippen LogP contribution in [0.25, 0.3) is 0 Å². The molecule has 0 N–H and O–H groups in total. The number of hydrogen-bond donors (Lipinski definition) is 0. The Morgan fingerprint density at radius 3 is 2.75 bits per heavy atom. The van der Waals surface area contributed by atoms with E-state index in [4.69, 9.17) is 14.7 Å². The molecule has 0 radical (unpaired) electrons. The molecule has 1 aromatic rings. The van der Waals surface area contributed by atoms with E-state index in [1.54, 1.807) is 7.11 Å². The summed E-state index contributed by atoms with van der Waals surface area (Å²) in [6.45, 7) is 4.57. The second-order valence-corrected chi connectivity index (χ2v) is 4.56. The van der Waals surface area contributed by atoms with Gasteiger partial charge in [-0.3, -0.25) is 4.99 Å². The van der Waals surface area contributed by atoms with Crippen LogP contribution in [0.3, 0.4) is 0 Å². The number of benzene rings is 1. The highest BCUT2D eigenvalue weighted by Gasteiger charge is 2.21. The summed E-state index contributed by atoms with van der Waals surface area (Å²) in [4.78, 5) is 4.57. The van der Waals surface area contributed by atoms with Gasteiger partial charge in [0.2, 0.25) is 0 Å². The van der Waals surface area contributed by atoms with Gasteiger partial charge in [-0.15, -0.1) is 12.4 Å². The summed E-state index contributed by atoms with van der Waals surface area (Å²) < 4.78 is 10.9. The predicted octanol–water partition coefficient (Wildman–Crippen LogP) is 3.16. The molecular formula is C15H19ClN2O2. The Balaban J connectivity index is 0.00000200. The van der Waals surface area contributed by atoms with E-state index in [9.17, 15) is 0 Å². The van der Waals surface area contributed by atoms with Crippen molar-refractivity contribution in [3.05, 3.63) is 23.3 Å². The molecule has 0 aromatic heterocycles. The first kappa shape index (κ1) is 16.3. The minimum Gasteiger partial charge on any atom is -0.493 e. The van der Waals surface area contributed by atoms with Crippen LogP contribution in [0.1, 0.15) is 31.4 Å². The Bertz CT molecular complexity index is 550. The van der Waals surface area contributed by atoms with Crippen molar-refractivity contribution in [3.8, 4) is 17.6 Å². The van der Waals surface area contributed by atoms with Crippen molar-refractivity contribution < 1.29 is 9.47 Å². The molecule has 4 nitrogen and oxygen atoms in total. The molecule has 0 saturated carbocycles. The molecule has 1 atom stereocenters. The van der Waals surface area contributed by atoms with Crippen LogP contribution in [-0.4, -0.2) is 25.5 Å². The van der Waals surface area contributed by atoms with Gasteiger partial charge in [0, 0.05) is 5.56 Å². The maximum Gasteiger partial charge on any atom is 0.161 e. The average Bonchev–Trinajstić information content (AvgIpc) is 2.39. The molecule has 20 heavy (non-hydrogen) atoms. The monoisotopic (exact) mass is 294 g/mol. The summed E-state index contributed by atoms with van der Waals surface area (Å²) >= 11 is 0. The second kappa shape index (κ2) is 7.16. The van der Waals surface area contributed by atoms with Gasteiger partial charge < -0.3 is 9.47 Å². The predicted molar refractivity (Wildman–Crippen MR) is 81.3 cm³/mol. The molecule has 1 aromatic carbocycles. The van der Waals surface area contributed by atoms with Crippen molar-refractivity contribution in [1.82, 2.24) is 0 Å². The van der Waals surface area contributed by atoms with Gasteiger partial charge >= 0.3 is 0 Å². The summed E-state index contributed by atoms with van der Waals surface area (Å²) in [5, 5.41) is 8.92. The molecule has 2 rings (SSSR count). The van der Waals surface area contributed by atoms with E-state index < -0.39 is 0 Å². The van der Waals surface area contributed by atoms with Gasteiger partial charge in [0.25, 0.3) is 0 Å². The molecule has 0 fully saturated rings. The number of halogens is 1. The number of methoxy groups -OCH3 is 1. The highest BCUT2D eigenvalue weighted by atomic mass is 35.5. The van der Waals surface area contributed by atoms with Crippen LogP contribution in [0, 0.1) is 11.3 Å². The SMILES string of the molecule is CCOc1cc2c(cc1OC)CC(C)N=C2CC#N.Cl. The fourth-order valence-corrected chi connectivity index (χ4v) is 2.38. The van der Waals surface area contributed by atoms with Crippen molar-refractivity contribution in [2.75, 3.05) is 13.7 Å². The van der Waals surface area contributed by atoms with E-state index in [0.29, 0.717) is 18.8 Å². The molecule has 1 heterocycles. The Hall–Kier alpha value is -1.73. The number of aliphatic imine (C=N–C) groups is 1. The van der Waals surface area contributed by atoms with E-state index >= 15 is 0 Å². The number of nitriles is 1. The highest BCUT2D eigenvalue weighted by Crippen LogP contribution is 2.34. The number of hydrogen-bond acceptors (Lipinski definition) is 4. The minimum atomic E-state index is 0. The molecule has 0 amide bonds. The molecular weight excluding hydrogens is 276 g/mol. The summed E-state index contributed by atoms with van der Waals surface area (Å²) in [5.41, 5.74) is 3.04. The van der Waals surface area contributed by atoms with Gasteiger partial charge in [0.1, 0.15) is 0 Å². The molecule has 1 unspecified atom stereocenters. The lowest BCUT2D eigenvalue weighted by molar-refractivity contribution is 0.310. The molecule has 1 aliphatic rings. The number of fused-ring (bicyclic) bond motifs is 1. The molecule has 0 aliphatic carbocycles. The number of rotatable bonds is 4. The van der Waals surface area contributed by atoms with Gasteiger partial charge in [-0.25, -0.2) is 0 Å². The van der Waals surface area contributed by atoms with E-state index in [0.717, 1.165) is 23.4 Å². The lowest BCUT2D eigenvalue weighted by atomic mass is 9.92. The quantitative estimate of drug-likeness (QED) is 0.857. The van der Waals surface area contributed by atoms with Crippen LogP contribution >= 0.6 is 12.4 Å². The summed E-state index contributed by atoms with van der Waals surface area (Å²) in [7, 11) is 1.64. The summed E-state index contributed by atoms with van der Waals surface area (Å²) in [6.07, 6.45) is 1.20. The smallest absolute Gasteiger partial charge is 0.161 e. The Kier molecular flexibility index (Phi) is 5.84. The van der Waals surface area contributed by atoms with E-state index in [-0.39, 0.29) is 18.4 Å². The van der Waals surface area contributed by atoms with E-state index in [1.807, 2.05) is 19.1 Å². The van der Waals surface area contributed by atoms with Crippen LogP contribution < -0.4 is 9.47 Å². The fourth-order valence-electron chi connectivity index (χ4n) is 2.38. The minimum absolute atomic E-state index is 0. The van der Waals surface area contributed by atoms with Crippen molar-refractivity contribution >= 4 is 18.1 Å². The van der Waals surface area contributed by atoms with Crippen LogP contribution in [0.4, 0.5) is 0 Å². The first-order chi connectivity index (χ1) is 9.19. The first-order valence-corrected chi connectivity index (χ1v) is 6.47. The third kappa shape index (κ3) is 3.23. The molecule has 0 bridgehead atoms. The van der Waals surface area contributed by atoms with Crippen molar-refractivity contribution in [1.29, 1.82) is 5.26 Å². The Morgan fingerprint density at radius 1 is 1.40 bits per heavy atom. The van der Waals surface area contributed by atoms with Crippen LogP contribution in [0.15, 0.2) is 17.1 Å². The number of nitrogens with zero attached hydrogens (tertiary/aromatic N) is 2. The van der Waals surface area contributed by atoms with E-state index in [1.165, 1.54) is 5.56 Å². The van der Waals surface area contributed by atoms with Gasteiger partial charge in [-0.1, -0.05) is 0 Å². The lowest BCUT2D eigenvalue weighted by Crippen LogP contribution is -2.19. The standard InChI is InChI=1S/C15H18N2O2.ClH/c1-4-19-15-9-12-11(8-14(15)18-3)7-10(2)17-13(12)5-6-16;/h8-10H,4-5,7H2,1-3H3;1H. The van der Waals surface area contributed by atoms with Crippen molar-refractivity contribution in [3.63, 3.8) is 0 Å². The van der Waals surface area contributed by atoms with E-state index in [2.05, 4.69) is 18.0 Å². The third-order valence-electron chi connectivity index (χ3n) is 3.14. The van der Waals surface area contributed by atoms with Crippen LogP contribution in [0.2, 0.25) is 0 Å². The zero-order valence-corrected chi connectivity index (χ0v) is 12.8. The Labute approximate surface area is 125 Å². The zero-order valence-electron chi connectivity index (χ0n) is 12.0. The summed E-state index contributed by atoms with van der Waals surface area (Å²) in [6, 6.07) is 6.33. The normalized spacial score (nSPS) is 16.3. The van der Waals surface area contributed by atoms with Gasteiger partial charge in [0.15, 0.2) is 11.5 Å². The lowest BCUT2D eigenvalue weighted by Gasteiger charge is -2.22. The van der Waals surface area contributed by atoms with Gasteiger partial charge in [-0.2, -0.15) is 5.26 Å². The zero-order chi connectivity index (χ0) is 13.8. The molecule has 0 saturated heterocycles. The second-order valence-electron chi connectivity index (χ2n) is 4.56. The third-order valence-corrected chi connectivity index (χ3v) is 3.14. The fraction of sp³-hybridized carbons (Fsp3) is 0.467. The Morgan fingerprint density at radius 2 is 2.15 bits per heavy atom. The first-order valence-electron chi connectivity index (χ1n) is 6.47. The summed E-state index contributed by atoms with van der Waals surface area (Å²) in [5.74, 6) is 1.45. The molecule has 0 spiro atoms. The molecule has 1 aliphatic heterocycles. The number of ether oxygens (including phenoxy) is 2. The maximum atomic E-state index is 8.92. The topological polar surface area (TPSA) is 54.6 Å². The van der Waals surface area contributed by atoms with Crippen LogP contribution in [-0.2, 0) is 6.42 Å². The molecule has 108 valence electrons. The molecule has 5 heteroatoms. The van der Waals surface area contributed by atoms with Crippen molar-refractivity contribution in [2.24, 2.45) is 4.99 Å². The largest absolute Gasteiger partial charge is 0.493 e. The van der Waals surface area contributed by atoms with Gasteiger partial charge in [-0.05, 0) is 38.0 Å². The van der Waals surface area contributed by atoms with Crippen molar-refractivity contribution in [2.45, 2.75) is 32.7 Å². The van der Waals surface area contributed by atoms with Crippen LogP contribution in [0.5, 0.6) is 11.5 Å². The highest BCUT2D eigenvalue weighted by molar-refractivity contribution is 6.04.